The van der Waals surface area contributed by atoms with Crippen molar-refractivity contribution >= 4 is 22.7 Å². The van der Waals surface area contributed by atoms with Crippen LogP contribution in [0.5, 0.6) is 0 Å². The van der Waals surface area contributed by atoms with Gasteiger partial charge in [-0.25, -0.2) is 20.2 Å². The van der Waals surface area contributed by atoms with E-state index in [1.165, 1.54) is 0 Å². The van der Waals surface area contributed by atoms with Gasteiger partial charge in [-0.05, 0) is 47.2 Å². The third kappa shape index (κ3) is 4.23. The molecule has 2 aromatic heterocycles. The fourth-order valence-electron chi connectivity index (χ4n) is 4.68. The fraction of sp³-hybridized carbons (Fsp3) is 0.286. The van der Waals surface area contributed by atoms with Gasteiger partial charge in [0.25, 0.3) is 0 Å². The van der Waals surface area contributed by atoms with E-state index in [9.17, 15) is 9.90 Å². The van der Waals surface area contributed by atoms with Crippen molar-refractivity contribution in [3.05, 3.63) is 94.6 Å². The molecule has 35 heavy (non-hydrogen) atoms. The number of nitrogens with zero attached hydrogens (tertiary/aromatic N) is 4. The van der Waals surface area contributed by atoms with Crippen molar-refractivity contribution in [3.63, 3.8) is 0 Å². The number of fused-ring (bicyclic) bond motifs is 3. The molecule has 0 spiro atoms. The number of nitrogens with one attached hydrogen (secondary N) is 1. The second kappa shape index (κ2) is 9.07. The Hall–Kier alpha value is -3.84. The highest BCUT2D eigenvalue weighted by molar-refractivity contribution is 5.92. The molecule has 1 aliphatic rings. The third-order valence-corrected chi connectivity index (χ3v) is 6.41. The predicted molar refractivity (Wildman–Crippen MR) is 137 cm³/mol. The Kier molecular flexibility index (Phi) is 5.94. The second-order valence-electron chi connectivity index (χ2n) is 9.61. The molecule has 1 atom stereocenters. The van der Waals surface area contributed by atoms with Crippen LogP contribution in [0.4, 0.5) is 5.69 Å². The SMILES string of the molecule is CC(C)c1nc2ccc3c(c2nc1C(C)C)N(Cc1cccnc1)NC3c1ccc(C(=O)O)cc1. The molecular formula is C28H29N5O2. The van der Waals surface area contributed by atoms with E-state index in [4.69, 9.17) is 9.97 Å². The molecule has 3 heterocycles. The topological polar surface area (TPSA) is 91.2 Å². The minimum Gasteiger partial charge on any atom is -0.478 e. The average molecular weight is 468 g/mol. The lowest BCUT2D eigenvalue weighted by Gasteiger charge is -2.22. The summed E-state index contributed by atoms with van der Waals surface area (Å²) in [6.07, 6.45) is 3.63. The van der Waals surface area contributed by atoms with Crippen molar-refractivity contribution in [1.82, 2.24) is 20.4 Å². The molecule has 0 bridgehead atoms. The van der Waals surface area contributed by atoms with Gasteiger partial charge in [-0.15, -0.1) is 0 Å². The van der Waals surface area contributed by atoms with Crippen molar-refractivity contribution in [2.75, 3.05) is 5.01 Å². The van der Waals surface area contributed by atoms with Crippen LogP contribution in [0.3, 0.4) is 0 Å². The maximum Gasteiger partial charge on any atom is 0.335 e. The lowest BCUT2D eigenvalue weighted by Crippen LogP contribution is -2.34. The van der Waals surface area contributed by atoms with Crippen molar-refractivity contribution in [2.24, 2.45) is 0 Å². The average Bonchev–Trinajstić information content (AvgIpc) is 3.22. The number of hydrogen-bond donors (Lipinski definition) is 2. The molecule has 0 aliphatic carbocycles. The first-order chi connectivity index (χ1) is 16.8. The summed E-state index contributed by atoms with van der Waals surface area (Å²) in [6, 6.07) is 15.0. The first-order valence-corrected chi connectivity index (χ1v) is 11.9. The Morgan fingerprint density at radius 2 is 1.71 bits per heavy atom. The molecule has 7 nitrogen and oxygen atoms in total. The summed E-state index contributed by atoms with van der Waals surface area (Å²) in [7, 11) is 0. The zero-order chi connectivity index (χ0) is 24.7. The highest BCUT2D eigenvalue weighted by atomic mass is 16.4. The largest absolute Gasteiger partial charge is 0.478 e. The first kappa shape index (κ1) is 22.9. The van der Waals surface area contributed by atoms with Crippen LogP contribution < -0.4 is 10.4 Å². The van der Waals surface area contributed by atoms with E-state index in [1.54, 1.807) is 18.3 Å². The molecule has 1 aliphatic heterocycles. The van der Waals surface area contributed by atoms with Gasteiger partial charge in [-0.2, -0.15) is 0 Å². The quantitative estimate of drug-likeness (QED) is 0.382. The molecule has 0 saturated carbocycles. The lowest BCUT2D eigenvalue weighted by molar-refractivity contribution is 0.0697. The van der Waals surface area contributed by atoms with Gasteiger partial charge in [-0.3, -0.25) is 4.98 Å². The normalized spacial score (nSPS) is 15.3. The molecule has 0 radical (unpaired) electrons. The summed E-state index contributed by atoms with van der Waals surface area (Å²) >= 11 is 0. The van der Waals surface area contributed by atoms with Gasteiger partial charge in [-0.1, -0.05) is 52.0 Å². The van der Waals surface area contributed by atoms with E-state index in [1.807, 2.05) is 30.5 Å². The molecule has 0 amide bonds. The highest BCUT2D eigenvalue weighted by Crippen LogP contribution is 2.42. The van der Waals surface area contributed by atoms with Crippen molar-refractivity contribution in [2.45, 2.75) is 52.1 Å². The molecule has 0 saturated heterocycles. The van der Waals surface area contributed by atoms with E-state index in [-0.39, 0.29) is 23.4 Å². The van der Waals surface area contributed by atoms with Crippen LogP contribution in [0.15, 0.2) is 60.9 Å². The molecule has 7 heteroatoms. The summed E-state index contributed by atoms with van der Waals surface area (Å²) in [6.45, 7) is 9.23. The number of hydrazine groups is 1. The Morgan fingerprint density at radius 1 is 1.00 bits per heavy atom. The molecule has 178 valence electrons. The number of anilines is 1. The van der Waals surface area contributed by atoms with Crippen molar-refractivity contribution in [3.8, 4) is 0 Å². The highest BCUT2D eigenvalue weighted by Gasteiger charge is 2.33. The zero-order valence-corrected chi connectivity index (χ0v) is 20.4. The minimum atomic E-state index is -0.932. The van der Waals surface area contributed by atoms with Gasteiger partial charge in [0.05, 0.1) is 40.7 Å². The smallest absolute Gasteiger partial charge is 0.335 e. The summed E-state index contributed by atoms with van der Waals surface area (Å²) in [5.74, 6) is -0.402. The number of aromatic nitrogens is 3. The molecule has 0 fully saturated rings. The zero-order valence-electron chi connectivity index (χ0n) is 20.4. The van der Waals surface area contributed by atoms with Gasteiger partial charge in [0.2, 0.25) is 0 Å². The second-order valence-corrected chi connectivity index (χ2v) is 9.61. The van der Waals surface area contributed by atoms with Gasteiger partial charge in [0, 0.05) is 18.0 Å². The number of aromatic carboxylic acids is 1. The Balaban J connectivity index is 1.68. The number of benzene rings is 2. The molecule has 1 unspecified atom stereocenters. The molecule has 5 rings (SSSR count). The summed E-state index contributed by atoms with van der Waals surface area (Å²) in [4.78, 5) is 25.9. The van der Waals surface area contributed by atoms with E-state index in [0.29, 0.717) is 6.54 Å². The van der Waals surface area contributed by atoms with Crippen LogP contribution in [0.25, 0.3) is 11.0 Å². The van der Waals surface area contributed by atoms with E-state index in [0.717, 1.165) is 44.8 Å². The summed E-state index contributed by atoms with van der Waals surface area (Å²) in [5, 5.41) is 11.4. The van der Waals surface area contributed by atoms with E-state index < -0.39 is 5.97 Å². The van der Waals surface area contributed by atoms with Crippen LogP contribution in [0, 0.1) is 0 Å². The number of hydrogen-bond acceptors (Lipinski definition) is 6. The molecule has 2 aromatic carbocycles. The number of pyridine rings is 1. The van der Waals surface area contributed by atoms with Crippen LogP contribution in [0.1, 0.15) is 84.0 Å². The van der Waals surface area contributed by atoms with Crippen molar-refractivity contribution < 1.29 is 9.90 Å². The lowest BCUT2D eigenvalue weighted by atomic mass is 9.96. The number of rotatable bonds is 6. The van der Waals surface area contributed by atoms with Crippen LogP contribution in [-0.4, -0.2) is 26.0 Å². The van der Waals surface area contributed by atoms with E-state index >= 15 is 0 Å². The first-order valence-electron chi connectivity index (χ1n) is 11.9. The Labute approximate surface area is 204 Å². The van der Waals surface area contributed by atoms with Crippen LogP contribution >= 0.6 is 0 Å². The monoisotopic (exact) mass is 467 g/mol. The number of carboxylic acids is 1. The molecule has 4 aromatic rings. The van der Waals surface area contributed by atoms with Crippen LogP contribution in [-0.2, 0) is 6.54 Å². The standard InChI is InChI=1S/C28H29N5O2/c1-16(2)23-24(17(3)4)31-26-22(30-23)12-11-21-25(19-7-9-20(10-8-19)28(34)35)32-33(27(21)26)15-18-6-5-13-29-14-18/h5-14,16-17,25,32H,15H2,1-4H3,(H,34,35). The van der Waals surface area contributed by atoms with Crippen molar-refractivity contribution in [1.29, 1.82) is 0 Å². The predicted octanol–water partition coefficient (Wildman–Crippen LogP) is 5.58. The van der Waals surface area contributed by atoms with Crippen LogP contribution in [0.2, 0.25) is 0 Å². The fourth-order valence-corrected chi connectivity index (χ4v) is 4.68. The maximum absolute atomic E-state index is 11.4. The summed E-state index contributed by atoms with van der Waals surface area (Å²) in [5.41, 5.74) is 11.9. The summed E-state index contributed by atoms with van der Waals surface area (Å²) < 4.78 is 0. The Morgan fingerprint density at radius 3 is 2.34 bits per heavy atom. The minimum absolute atomic E-state index is 0.136. The molecule has 2 N–H and O–H groups in total. The number of carbonyl (C=O) groups is 1. The van der Waals surface area contributed by atoms with Gasteiger partial charge >= 0.3 is 5.97 Å². The maximum atomic E-state index is 11.4. The molecular weight excluding hydrogens is 438 g/mol. The number of carboxylic acid groups (broad SMARTS) is 1. The van der Waals surface area contributed by atoms with Gasteiger partial charge in [0.1, 0.15) is 5.52 Å². The third-order valence-electron chi connectivity index (χ3n) is 6.41. The van der Waals surface area contributed by atoms with Gasteiger partial charge < -0.3 is 10.1 Å². The Bertz CT molecular complexity index is 1380. The van der Waals surface area contributed by atoms with E-state index in [2.05, 4.69) is 55.2 Å². The van der Waals surface area contributed by atoms with Gasteiger partial charge in [0.15, 0.2) is 0 Å².